The number of aldehydes is 1. The largest absolute Gasteiger partial charge is 0.508 e. The van der Waals surface area contributed by atoms with Gasteiger partial charge in [-0.25, -0.2) is 0 Å². The molecule has 0 atom stereocenters. The van der Waals surface area contributed by atoms with Crippen molar-refractivity contribution in [3.8, 4) is 11.5 Å². The molecule has 120 valence electrons. The number of rotatable bonds is 3. The Kier molecular flexibility index (Phi) is 4.40. The van der Waals surface area contributed by atoms with Crippen LogP contribution in [0.4, 0.5) is 5.69 Å². The number of hydrogen-bond acceptors (Lipinski definition) is 4. The van der Waals surface area contributed by atoms with E-state index in [2.05, 4.69) is 5.32 Å². The van der Waals surface area contributed by atoms with E-state index in [-0.39, 0.29) is 22.6 Å². The van der Waals surface area contributed by atoms with Gasteiger partial charge in [0.2, 0.25) is 0 Å². The van der Waals surface area contributed by atoms with Gasteiger partial charge in [0.1, 0.15) is 17.8 Å². The van der Waals surface area contributed by atoms with Gasteiger partial charge in [-0.15, -0.1) is 0 Å². The van der Waals surface area contributed by atoms with Gasteiger partial charge in [0.15, 0.2) is 0 Å². The second kappa shape index (κ2) is 6.12. The minimum atomic E-state index is -0.441. The van der Waals surface area contributed by atoms with Gasteiger partial charge in [0, 0.05) is 16.7 Å². The van der Waals surface area contributed by atoms with E-state index in [1.54, 1.807) is 6.07 Å². The predicted octanol–water partition coefficient (Wildman–Crippen LogP) is 3.46. The fourth-order valence-electron chi connectivity index (χ4n) is 2.20. The van der Waals surface area contributed by atoms with Crippen molar-refractivity contribution in [1.82, 2.24) is 0 Å². The molecule has 2 aromatic rings. The van der Waals surface area contributed by atoms with Gasteiger partial charge in [0.05, 0.1) is 5.69 Å². The molecule has 0 aliphatic rings. The van der Waals surface area contributed by atoms with Crippen molar-refractivity contribution in [3.63, 3.8) is 0 Å². The number of carbonyl (C=O) groups is 2. The van der Waals surface area contributed by atoms with Crippen molar-refractivity contribution >= 4 is 17.9 Å². The van der Waals surface area contributed by atoms with E-state index in [0.29, 0.717) is 23.0 Å². The first-order valence-electron chi connectivity index (χ1n) is 7.15. The van der Waals surface area contributed by atoms with Gasteiger partial charge < -0.3 is 15.5 Å². The van der Waals surface area contributed by atoms with Gasteiger partial charge in [0.25, 0.3) is 5.91 Å². The molecule has 0 fully saturated rings. The fourth-order valence-corrected chi connectivity index (χ4v) is 2.20. The Morgan fingerprint density at radius 3 is 2.22 bits per heavy atom. The third-order valence-corrected chi connectivity index (χ3v) is 3.45. The van der Waals surface area contributed by atoms with Gasteiger partial charge in [-0.3, -0.25) is 9.59 Å². The monoisotopic (exact) mass is 313 g/mol. The summed E-state index contributed by atoms with van der Waals surface area (Å²) in [5.74, 6) is -0.444. The summed E-state index contributed by atoms with van der Waals surface area (Å²) < 4.78 is 0. The van der Waals surface area contributed by atoms with Crippen LogP contribution in [-0.4, -0.2) is 22.4 Å². The Morgan fingerprint density at radius 2 is 1.70 bits per heavy atom. The van der Waals surface area contributed by atoms with Crippen molar-refractivity contribution in [2.75, 3.05) is 5.32 Å². The molecule has 0 radical (unpaired) electrons. The fraction of sp³-hybridized carbons (Fsp3) is 0.222. The molecule has 0 saturated heterocycles. The lowest BCUT2D eigenvalue weighted by molar-refractivity contribution is 0.102. The van der Waals surface area contributed by atoms with E-state index < -0.39 is 5.91 Å². The van der Waals surface area contributed by atoms with Crippen molar-refractivity contribution < 1.29 is 19.8 Å². The first kappa shape index (κ1) is 16.5. The van der Waals surface area contributed by atoms with Crippen LogP contribution < -0.4 is 5.32 Å². The number of carbonyl (C=O) groups excluding carboxylic acids is 2. The lowest BCUT2D eigenvalue weighted by atomic mass is 9.85. The number of benzene rings is 2. The standard InChI is InChI=1S/C18H19NO4/c1-18(2,3)14-8-11(10-20)9-15(16(14)22)19-17(23)12-4-6-13(21)7-5-12/h4-10,21-22H,1-3H3,(H,19,23). The summed E-state index contributed by atoms with van der Waals surface area (Å²) in [5, 5.41) is 22.3. The topological polar surface area (TPSA) is 86.6 Å². The van der Waals surface area contributed by atoms with Crippen LogP contribution in [0.1, 0.15) is 47.1 Å². The third-order valence-electron chi connectivity index (χ3n) is 3.45. The molecule has 2 rings (SSSR count). The predicted molar refractivity (Wildman–Crippen MR) is 88.3 cm³/mol. The zero-order valence-electron chi connectivity index (χ0n) is 13.3. The van der Waals surface area contributed by atoms with E-state index >= 15 is 0 Å². The zero-order valence-corrected chi connectivity index (χ0v) is 13.3. The second-order valence-electron chi connectivity index (χ2n) is 6.33. The Morgan fingerprint density at radius 1 is 1.09 bits per heavy atom. The Hall–Kier alpha value is -2.82. The number of aromatic hydroxyl groups is 2. The van der Waals surface area contributed by atoms with Crippen molar-refractivity contribution in [3.05, 3.63) is 53.1 Å². The van der Waals surface area contributed by atoms with Crippen LogP contribution in [0, 0.1) is 0 Å². The summed E-state index contributed by atoms with van der Waals surface area (Å²) in [6, 6.07) is 8.77. The summed E-state index contributed by atoms with van der Waals surface area (Å²) >= 11 is 0. The maximum Gasteiger partial charge on any atom is 0.255 e. The van der Waals surface area contributed by atoms with E-state index in [0.717, 1.165) is 0 Å². The second-order valence-corrected chi connectivity index (χ2v) is 6.33. The number of anilines is 1. The molecule has 5 heteroatoms. The Balaban J connectivity index is 2.41. The quantitative estimate of drug-likeness (QED) is 0.598. The normalized spacial score (nSPS) is 11.1. The third kappa shape index (κ3) is 3.69. The highest BCUT2D eigenvalue weighted by atomic mass is 16.3. The molecule has 0 aliphatic heterocycles. The molecule has 23 heavy (non-hydrogen) atoms. The molecule has 5 nitrogen and oxygen atoms in total. The highest BCUT2D eigenvalue weighted by molar-refractivity contribution is 6.05. The average Bonchev–Trinajstić information content (AvgIpc) is 2.48. The molecule has 0 saturated carbocycles. The first-order valence-corrected chi connectivity index (χ1v) is 7.15. The number of hydrogen-bond donors (Lipinski definition) is 3. The van der Waals surface area contributed by atoms with Crippen molar-refractivity contribution in [1.29, 1.82) is 0 Å². The molecule has 0 unspecified atom stereocenters. The average molecular weight is 313 g/mol. The maximum absolute atomic E-state index is 12.2. The van der Waals surface area contributed by atoms with Crippen molar-refractivity contribution in [2.24, 2.45) is 0 Å². The highest BCUT2D eigenvalue weighted by Gasteiger charge is 2.22. The number of phenols is 2. The molecule has 0 spiro atoms. The summed E-state index contributed by atoms with van der Waals surface area (Å²) in [6.07, 6.45) is 0.672. The molecule has 0 heterocycles. The number of amides is 1. The number of phenolic OH excluding ortho intramolecular Hbond substituents is 2. The molecule has 0 bridgehead atoms. The molecule has 3 N–H and O–H groups in total. The van der Waals surface area contributed by atoms with E-state index in [1.807, 2.05) is 20.8 Å². The lowest BCUT2D eigenvalue weighted by Crippen LogP contribution is -2.16. The summed E-state index contributed by atoms with van der Waals surface area (Å²) in [6.45, 7) is 5.71. The molecule has 0 aromatic heterocycles. The Labute approximate surface area is 134 Å². The van der Waals surface area contributed by atoms with Crippen LogP contribution >= 0.6 is 0 Å². The lowest BCUT2D eigenvalue weighted by Gasteiger charge is -2.22. The molecule has 2 aromatic carbocycles. The molecular formula is C18H19NO4. The van der Waals surface area contributed by atoms with E-state index in [1.165, 1.54) is 30.3 Å². The Bertz CT molecular complexity index is 743. The first-order chi connectivity index (χ1) is 10.7. The van der Waals surface area contributed by atoms with Gasteiger partial charge in [-0.1, -0.05) is 20.8 Å². The molecule has 1 amide bonds. The van der Waals surface area contributed by atoms with Crippen LogP contribution in [0.5, 0.6) is 11.5 Å². The highest BCUT2D eigenvalue weighted by Crippen LogP contribution is 2.37. The maximum atomic E-state index is 12.2. The number of nitrogens with one attached hydrogen (secondary N) is 1. The smallest absolute Gasteiger partial charge is 0.255 e. The van der Waals surface area contributed by atoms with Gasteiger partial charge in [-0.2, -0.15) is 0 Å². The minimum absolute atomic E-state index is 0.0577. The minimum Gasteiger partial charge on any atom is -0.508 e. The van der Waals surface area contributed by atoms with Crippen LogP contribution in [0.3, 0.4) is 0 Å². The van der Waals surface area contributed by atoms with Gasteiger partial charge >= 0.3 is 0 Å². The summed E-state index contributed by atoms with van der Waals surface area (Å²) in [7, 11) is 0. The van der Waals surface area contributed by atoms with Crippen LogP contribution in [-0.2, 0) is 5.41 Å². The summed E-state index contributed by atoms with van der Waals surface area (Å²) in [4.78, 5) is 23.4. The van der Waals surface area contributed by atoms with Crippen LogP contribution in [0.15, 0.2) is 36.4 Å². The van der Waals surface area contributed by atoms with Crippen LogP contribution in [0.2, 0.25) is 0 Å². The van der Waals surface area contributed by atoms with Crippen molar-refractivity contribution in [2.45, 2.75) is 26.2 Å². The van der Waals surface area contributed by atoms with E-state index in [4.69, 9.17) is 0 Å². The zero-order chi connectivity index (χ0) is 17.2. The van der Waals surface area contributed by atoms with E-state index in [9.17, 15) is 19.8 Å². The summed E-state index contributed by atoms with van der Waals surface area (Å²) in [5.41, 5.74) is 1.06. The molecular weight excluding hydrogens is 294 g/mol. The molecule has 0 aliphatic carbocycles. The van der Waals surface area contributed by atoms with Crippen LogP contribution in [0.25, 0.3) is 0 Å². The SMILES string of the molecule is CC(C)(C)c1cc(C=O)cc(NC(=O)c2ccc(O)cc2)c1O. The van der Waals surface area contributed by atoms with Gasteiger partial charge in [-0.05, 0) is 41.8 Å².